The van der Waals surface area contributed by atoms with Gasteiger partial charge in [0.2, 0.25) is 0 Å². The molecule has 98 valence electrons. The van der Waals surface area contributed by atoms with E-state index in [4.69, 9.17) is 0 Å². The minimum atomic E-state index is 0.0477. The van der Waals surface area contributed by atoms with Gasteiger partial charge in [-0.25, -0.2) is 0 Å². The lowest BCUT2D eigenvalue weighted by Gasteiger charge is -2.20. The van der Waals surface area contributed by atoms with Crippen LogP contribution in [0.4, 0.5) is 0 Å². The summed E-state index contributed by atoms with van der Waals surface area (Å²) in [7, 11) is 0. The van der Waals surface area contributed by atoms with E-state index in [1.54, 1.807) is 24.5 Å². The van der Waals surface area contributed by atoms with Gasteiger partial charge in [-0.2, -0.15) is 0 Å². The van der Waals surface area contributed by atoms with Crippen molar-refractivity contribution in [2.45, 2.75) is 13.3 Å². The molecule has 0 aliphatic heterocycles. The largest absolute Gasteiger partial charge is 0.339 e. The van der Waals surface area contributed by atoms with Crippen molar-refractivity contribution < 1.29 is 4.79 Å². The lowest BCUT2D eigenvalue weighted by molar-refractivity contribution is 0.0766. The van der Waals surface area contributed by atoms with E-state index in [9.17, 15) is 4.79 Å². The molecule has 1 aromatic heterocycles. The fourth-order valence-corrected chi connectivity index (χ4v) is 1.98. The van der Waals surface area contributed by atoms with Crippen molar-refractivity contribution >= 4 is 5.91 Å². The molecule has 0 N–H and O–H groups in total. The highest BCUT2D eigenvalue weighted by Crippen LogP contribution is 2.06. The Labute approximate surface area is 113 Å². The average Bonchev–Trinajstić information content (AvgIpc) is 2.49. The van der Waals surface area contributed by atoms with Gasteiger partial charge in [0, 0.05) is 25.5 Å². The molecule has 2 aromatic rings. The fourth-order valence-electron chi connectivity index (χ4n) is 1.98. The highest BCUT2D eigenvalue weighted by molar-refractivity contribution is 5.93. The zero-order valence-corrected chi connectivity index (χ0v) is 11.1. The van der Waals surface area contributed by atoms with Crippen molar-refractivity contribution in [2.24, 2.45) is 0 Å². The second-order valence-corrected chi connectivity index (χ2v) is 4.36. The van der Waals surface area contributed by atoms with E-state index < -0.39 is 0 Å². The molecule has 0 atom stereocenters. The Kier molecular flexibility index (Phi) is 4.67. The number of hydrogen-bond donors (Lipinski definition) is 0. The Hall–Kier alpha value is -2.16. The number of hydrogen-bond acceptors (Lipinski definition) is 2. The molecule has 0 saturated heterocycles. The molecule has 1 aromatic carbocycles. The minimum Gasteiger partial charge on any atom is -0.339 e. The van der Waals surface area contributed by atoms with Gasteiger partial charge in [-0.3, -0.25) is 9.78 Å². The normalized spacial score (nSPS) is 10.2. The monoisotopic (exact) mass is 254 g/mol. The van der Waals surface area contributed by atoms with Gasteiger partial charge in [0.1, 0.15) is 0 Å². The first-order valence-electron chi connectivity index (χ1n) is 6.54. The van der Waals surface area contributed by atoms with Gasteiger partial charge in [-0.1, -0.05) is 30.3 Å². The van der Waals surface area contributed by atoms with Crippen molar-refractivity contribution in [3.8, 4) is 0 Å². The molecule has 0 bridgehead atoms. The second-order valence-electron chi connectivity index (χ2n) is 4.36. The quantitative estimate of drug-likeness (QED) is 0.822. The van der Waals surface area contributed by atoms with Crippen LogP contribution in [0.15, 0.2) is 54.9 Å². The van der Waals surface area contributed by atoms with Gasteiger partial charge in [0.25, 0.3) is 5.91 Å². The lowest BCUT2D eigenvalue weighted by Crippen LogP contribution is -2.32. The summed E-state index contributed by atoms with van der Waals surface area (Å²) in [6, 6.07) is 13.8. The van der Waals surface area contributed by atoms with E-state index >= 15 is 0 Å². The molecule has 0 spiro atoms. The highest BCUT2D eigenvalue weighted by Gasteiger charge is 2.13. The smallest absolute Gasteiger partial charge is 0.255 e. The van der Waals surface area contributed by atoms with E-state index in [1.807, 2.05) is 30.0 Å². The summed E-state index contributed by atoms with van der Waals surface area (Å²) < 4.78 is 0. The number of likely N-dealkylation sites (N-methyl/N-ethyl adjacent to an activating group) is 1. The van der Waals surface area contributed by atoms with Crippen LogP contribution in [0, 0.1) is 0 Å². The first-order chi connectivity index (χ1) is 9.31. The first kappa shape index (κ1) is 13.3. The van der Waals surface area contributed by atoms with Crippen molar-refractivity contribution in [3.63, 3.8) is 0 Å². The number of carbonyl (C=O) groups is 1. The van der Waals surface area contributed by atoms with Gasteiger partial charge in [0.05, 0.1) is 5.56 Å². The number of aromatic nitrogens is 1. The third-order valence-electron chi connectivity index (χ3n) is 3.09. The lowest BCUT2D eigenvalue weighted by atomic mass is 10.1. The van der Waals surface area contributed by atoms with Gasteiger partial charge < -0.3 is 4.90 Å². The van der Waals surface area contributed by atoms with Crippen molar-refractivity contribution in [2.75, 3.05) is 13.1 Å². The summed E-state index contributed by atoms with van der Waals surface area (Å²) in [5.41, 5.74) is 1.90. The topological polar surface area (TPSA) is 33.2 Å². The van der Waals surface area contributed by atoms with E-state index in [0.29, 0.717) is 12.1 Å². The van der Waals surface area contributed by atoms with Crippen LogP contribution in [0.2, 0.25) is 0 Å². The molecule has 0 aliphatic rings. The Morgan fingerprint density at radius 1 is 1.16 bits per heavy atom. The molecule has 0 aliphatic carbocycles. The first-order valence-corrected chi connectivity index (χ1v) is 6.54. The molecule has 0 fully saturated rings. The summed E-state index contributed by atoms with van der Waals surface area (Å²) in [5.74, 6) is 0.0477. The summed E-state index contributed by atoms with van der Waals surface area (Å²) in [6.07, 6.45) is 4.17. The predicted molar refractivity (Wildman–Crippen MR) is 76.0 cm³/mol. The summed E-state index contributed by atoms with van der Waals surface area (Å²) in [5, 5.41) is 0. The van der Waals surface area contributed by atoms with Crippen LogP contribution in [-0.4, -0.2) is 28.9 Å². The molecule has 2 rings (SSSR count). The van der Waals surface area contributed by atoms with Gasteiger partial charge in [-0.15, -0.1) is 0 Å². The van der Waals surface area contributed by atoms with Crippen LogP contribution in [0.1, 0.15) is 22.8 Å². The standard InChI is InChI=1S/C16H18N2O/c1-2-18(12-10-14-7-4-3-5-8-14)16(19)15-9-6-11-17-13-15/h3-9,11,13H,2,10,12H2,1H3. The van der Waals surface area contributed by atoms with E-state index in [2.05, 4.69) is 17.1 Å². The fraction of sp³-hybridized carbons (Fsp3) is 0.250. The molecule has 3 nitrogen and oxygen atoms in total. The van der Waals surface area contributed by atoms with Crippen LogP contribution in [-0.2, 0) is 6.42 Å². The molecule has 1 heterocycles. The summed E-state index contributed by atoms with van der Waals surface area (Å²) >= 11 is 0. The zero-order chi connectivity index (χ0) is 13.5. The third kappa shape index (κ3) is 3.65. The third-order valence-corrected chi connectivity index (χ3v) is 3.09. The minimum absolute atomic E-state index is 0.0477. The maximum Gasteiger partial charge on any atom is 0.255 e. The second kappa shape index (κ2) is 6.69. The number of rotatable bonds is 5. The number of carbonyl (C=O) groups excluding carboxylic acids is 1. The highest BCUT2D eigenvalue weighted by atomic mass is 16.2. The Bertz CT molecular complexity index is 511. The van der Waals surface area contributed by atoms with Crippen LogP contribution in [0.5, 0.6) is 0 Å². The number of benzene rings is 1. The molecule has 0 radical (unpaired) electrons. The summed E-state index contributed by atoms with van der Waals surface area (Å²) in [4.78, 5) is 18.1. The van der Waals surface area contributed by atoms with Gasteiger partial charge in [-0.05, 0) is 31.0 Å². The van der Waals surface area contributed by atoms with Crippen LogP contribution < -0.4 is 0 Å². The van der Waals surface area contributed by atoms with Crippen molar-refractivity contribution in [1.82, 2.24) is 9.88 Å². The number of nitrogens with zero attached hydrogens (tertiary/aromatic N) is 2. The zero-order valence-electron chi connectivity index (χ0n) is 11.1. The van der Waals surface area contributed by atoms with E-state index in [1.165, 1.54) is 5.56 Å². The molecular weight excluding hydrogens is 236 g/mol. The molecule has 0 unspecified atom stereocenters. The average molecular weight is 254 g/mol. The van der Waals surface area contributed by atoms with E-state index in [0.717, 1.165) is 13.0 Å². The number of amides is 1. The molecule has 1 amide bonds. The van der Waals surface area contributed by atoms with Gasteiger partial charge >= 0.3 is 0 Å². The summed E-state index contributed by atoms with van der Waals surface area (Å²) in [6.45, 7) is 3.44. The van der Waals surface area contributed by atoms with Crippen molar-refractivity contribution in [1.29, 1.82) is 0 Å². The molecule has 19 heavy (non-hydrogen) atoms. The van der Waals surface area contributed by atoms with Gasteiger partial charge in [0.15, 0.2) is 0 Å². The number of pyridine rings is 1. The predicted octanol–water partition coefficient (Wildman–Crippen LogP) is 2.79. The molecule has 0 saturated carbocycles. The van der Waals surface area contributed by atoms with Crippen LogP contribution >= 0.6 is 0 Å². The molecule has 3 heteroatoms. The molecular formula is C16H18N2O. The van der Waals surface area contributed by atoms with Crippen LogP contribution in [0.25, 0.3) is 0 Å². The Morgan fingerprint density at radius 2 is 1.95 bits per heavy atom. The maximum absolute atomic E-state index is 12.3. The SMILES string of the molecule is CCN(CCc1ccccc1)C(=O)c1cccnc1. The Balaban J connectivity index is 1.99. The maximum atomic E-state index is 12.3. The van der Waals surface area contributed by atoms with Crippen LogP contribution in [0.3, 0.4) is 0 Å². The van der Waals surface area contributed by atoms with Crippen molar-refractivity contribution in [3.05, 3.63) is 66.0 Å². The van der Waals surface area contributed by atoms with E-state index in [-0.39, 0.29) is 5.91 Å². The Morgan fingerprint density at radius 3 is 2.58 bits per heavy atom.